The van der Waals surface area contributed by atoms with E-state index in [4.69, 9.17) is 40.0 Å². The molecule has 1 aromatic carbocycles. The molecule has 0 aromatic heterocycles. The molecule has 0 N–H and O–H groups in total. The minimum Gasteiger partial charge on any atom is -0.0856 e. The summed E-state index contributed by atoms with van der Waals surface area (Å²) >= 11 is 0. The van der Waals surface area contributed by atoms with Gasteiger partial charge in [0.2, 0.25) is 0 Å². The Morgan fingerprint density at radius 2 is 1.19 bits per heavy atom. The molecule has 9 nitrogen and oxygen atoms in total. The van der Waals surface area contributed by atoms with Crippen molar-refractivity contribution in [3.8, 4) is 0 Å². The van der Waals surface area contributed by atoms with Gasteiger partial charge in [0.1, 0.15) is 0 Å². The van der Waals surface area contributed by atoms with Crippen molar-refractivity contribution in [2.75, 3.05) is 0 Å². The van der Waals surface area contributed by atoms with Gasteiger partial charge < -0.3 is 0 Å². The quantitative estimate of drug-likeness (QED) is 0.213. The molecule has 0 heterocycles. The Hall–Kier alpha value is -2.28. The molecular formula is C16H9Co2N3O6. The van der Waals surface area contributed by atoms with E-state index in [0.29, 0.717) is 6.42 Å². The zero-order valence-corrected chi connectivity index (χ0v) is 15.3. The van der Waals surface area contributed by atoms with Gasteiger partial charge in [0.15, 0.2) is 0 Å². The molecule has 1 atom stereocenters. The van der Waals surface area contributed by atoms with E-state index in [2.05, 4.69) is 56.0 Å². The van der Waals surface area contributed by atoms with E-state index < -0.39 is 0 Å². The van der Waals surface area contributed by atoms with Gasteiger partial charge in [-0.25, -0.2) is 0 Å². The van der Waals surface area contributed by atoms with Gasteiger partial charge in [0, 0.05) is 38.5 Å². The van der Waals surface area contributed by atoms with Gasteiger partial charge in [0.05, 0.1) is 6.04 Å². The SMILES string of the molecule is [C-]#[O+].[C-]#[O+].[C-]#[O+].[C-]#[O+].[C-]#[O+].[C-]#[O+].[CH]=[C]C(Cc1ccccc1)N=[N+]=[N-].[Co].[Co]. The zero-order chi connectivity index (χ0) is 21.5. The monoisotopic (exact) mass is 457 g/mol. The van der Waals surface area contributed by atoms with Crippen LogP contribution < -0.4 is 0 Å². The molecule has 1 aromatic rings. The number of nitrogens with zero attached hydrogens (tertiary/aromatic N) is 3. The van der Waals surface area contributed by atoms with E-state index in [1.165, 1.54) is 0 Å². The third kappa shape index (κ3) is 51.6. The molecule has 27 heavy (non-hydrogen) atoms. The number of azide groups is 1. The first-order valence-electron chi connectivity index (χ1n) is 5.13. The summed E-state index contributed by atoms with van der Waals surface area (Å²) in [5, 5.41) is 3.48. The first-order valence-corrected chi connectivity index (χ1v) is 5.13. The molecule has 4 radical (unpaired) electrons. The van der Waals surface area contributed by atoms with Crippen molar-refractivity contribution in [3.05, 3.63) is 98.9 Å². The van der Waals surface area contributed by atoms with Gasteiger partial charge in [-0.3, -0.25) is 0 Å². The second-order valence-corrected chi connectivity index (χ2v) is 2.58. The van der Waals surface area contributed by atoms with Crippen molar-refractivity contribution in [2.24, 2.45) is 5.11 Å². The summed E-state index contributed by atoms with van der Waals surface area (Å²) in [5.74, 6) is 0. The van der Waals surface area contributed by atoms with Crippen LogP contribution in [0.25, 0.3) is 10.4 Å². The second kappa shape index (κ2) is 75.7. The van der Waals surface area contributed by atoms with Gasteiger partial charge in [-0.15, -0.1) is 0 Å². The van der Waals surface area contributed by atoms with Gasteiger partial charge in [-0.1, -0.05) is 42.0 Å². The van der Waals surface area contributed by atoms with Gasteiger partial charge in [-0.2, -0.15) is 0 Å². The summed E-state index contributed by atoms with van der Waals surface area (Å²) in [7, 11) is 0. The van der Waals surface area contributed by atoms with Crippen molar-refractivity contribution in [2.45, 2.75) is 12.5 Å². The van der Waals surface area contributed by atoms with E-state index in [-0.39, 0.29) is 39.6 Å². The first kappa shape index (κ1) is 49.8. The molecule has 0 saturated carbocycles. The van der Waals surface area contributed by atoms with Gasteiger partial charge >= 0.3 is 67.8 Å². The van der Waals surface area contributed by atoms with Crippen LogP contribution in [0.1, 0.15) is 5.56 Å². The van der Waals surface area contributed by atoms with Gasteiger partial charge in [-0.05, 0) is 23.6 Å². The van der Waals surface area contributed by atoms with Crippen LogP contribution in [0.5, 0.6) is 0 Å². The number of hydrogen-bond donors (Lipinski definition) is 0. The molecule has 0 spiro atoms. The Labute approximate surface area is 177 Å². The van der Waals surface area contributed by atoms with Crippen molar-refractivity contribution in [3.63, 3.8) is 0 Å². The average molecular weight is 457 g/mol. The Kier molecular flexibility index (Phi) is 139. The van der Waals surface area contributed by atoms with Crippen molar-refractivity contribution >= 4 is 0 Å². The predicted octanol–water partition coefficient (Wildman–Crippen LogP) is 2.47. The molecule has 0 fully saturated rings. The summed E-state index contributed by atoms with van der Waals surface area (Å²) < 4.78 is 45.0. The predicted molar refractivity (Wildman–Crippen MR) is 74.2 cm³/mol. The Bertz CT molecular complexity index is 516. The minimum atomic E-state index is -0.382. The maximum atomic E-state index is 8.21. The van der Waals surface area contributed by atoms with E-state index in [1.54, 1.807) is 0 Å². The third-order valence-electron chi connectivity index (χ3n) is 1.66. The fourth-order valence-corrected chi connectivity index (χ4v) is 1.03. The van der Waals surface area contributed by atoms with Gasteiger partial charge in [0.25, 0.3) is 0 Å². The molecule has 142 valence electrons. The fraction of sp³-hybridized carbons (Fsp3) is 0.125. The summed E-state index contributed by atoms with van der Waals surface area (Å²) in [5.41, 5.74) is 9.29. The maximum absolute atomic E-state index is 8.21. The smallest absolute Gasteiger partial charge is 0.0668 e. The number of rotatable bonds is 4. The van der Waals surface area contributed by atoms with Crippen molar-refractivity contribution in [1.82, 2.24) is 0 Å². The molecule has 0 bridgehead atoms. The molecule has 0 aliphatic heterocycles. The van der Waals surface area contributed by atoms with Crippen LogP contribution in [0.4, 0.5) is 0 Å². The van der Waals surface area contributed by atoms with Crippen LogP contribution in [0.2, 0.25) is 0 Å². The summed E-state index contributed by atoms with van der Waals surface area (Å²) in [4.78, 5) is 2.69. The van der Waals surface area contributed by atoms with Crippen LogP contribution >= 0.6 is 0 Å². The van der Waals surface area contributed by atoms with E-state index in [9.17, 15) is 0 Å². The molecule has 1 rings (SSSR count). The topological polar surface area (TPSA) is 168 Å². The molecule has 11 heteroatoms. The molecule has 0 aliphatic rings. The second-order valence-electron chi connectivity index (χ2n) is 2.58. The van der Waals surface area contributed by atoms with Crippen LogP contribution in [0.15, 0.2) is 35.4 Å². The van der Waals surface area contributed by atoms with Crippen LogP contribution in [-0.4, -0.2) is 6.04 Å². The largest absolute Gasteiger partial charge is 0.0856 e. The fourth-order valence-electron chi connectivity index (χ4n) is 1.03. The molecular weight excluding hydrogens is 448 g/mol. The molecule has 1 unspecified atom stereocenters. The van der Waals surface area contributed by atoms with Crippen molar-refractivity contribution in [1.29, 1.82) is 0 Å². The summed E-state index contributed by atoms with van der Waals surface area (Å²) in [6.45, 7) is 32.2. The minimum absolute atomic E-state index is 0. The average Bonchev–Trinajstić information content (AvgIpc) is 2.77. The van der Waals surface area contributed by atoms with Crippen LogP contribution in [0, 0.1) is 52.6 Å². The molecule has 0 saturated heterocycles. The first-order chi connectivity index (χ1) is 12.4. The molecule has 0 aliphatic carbocycles. The van der Waals surface area contributed by atoms with E-state index in [1.807, 2.05) is 30.3 Å². The standard InChI is InChI=1S/C10H9N3.6CO.2Co/c1-2-10(12-13-11)8-9-6-4-3-5-7-9;6*1-2;;/h1,3-7,10H,8H2;;;;;;;;. The number of benzene rings is 1. The third-order valence-corrected chi connectivity index (χ3v) is 1.66. The Balaban J connectivity index is -0.0000000370. The van der Waals surface area contributed by atoms with E-state index >= 15 is 0 Å². The van der Waals surface area contributed by atoms with Crippen LogP contribution in [-0.2, 0) is 67.9 Å². The zero-order valence-electron chi connectivity index (χ0n) is 13.2. The van der Waals surface area contributed by atoms with Crippen molar-refractivity contribution < 1.29 is 61.5 Å². The Morgan fingerprint density at radius 3 is 1.44 bits per heavy atom. The maximum Gasteiger partial charge on any atom is 0.0668 e. The summed E-state index contributed by atoms with van der Waals surface area (Å²) in [6.07, 6.45) is 3.03. The van der Waals surface area contributed by atoms with Crippen LogP contribution in [0.3, 0.4) is 0 Å². The van der Waals surface area contributed by atoms with E-state index in [0.717, 1.165) is 5.56 Å². The summed E-state index contributed by atoms with van der Waals surface area (Å²) in [6, 6.07) is 9.32. The molecule has 0 amide bonds. The Morgan fingerprint density at radius 1 is 0.852 bits per heavy atom. The normalized spacial score (nSPS) is 5.93. The number of hydrogen-bond acceptors (Lipinski definition) is 1.